The van der Waals surface area contributed by atoms with Gasteiger partial charge in [-0.2, -0.15) is 0 Å². The number of amides is 1. The molecule has 0 radical (unpaired) electrons. The Kier molecular flexibility index (Phi) is 6.61. The Morgan fingerprint density at radius 1 is 0.815 bits per heavy atom. The summed E-state index contributed by atoms with van der Waals surface area (Å²) in [5, 5.41) is 2.91. The first-order chi connectivity index (χ1) is 13.2. The highest BCUT2D eigenvalue weighted by Gasteiger charge is 2.05. The van der Waals surface area contributed by atoms with Gasteiger partial charge >= 0.3 is 0 Å². The fraction of sp³-hybridized carbons (Fsp3) is 0.174. The Morgan fingerprint density at radius 2 is 1.48 bits per heavy atom. The number of hydrogen-bond donors (Lipinski definition) is 1. The molecule has 0 aromatic heterocycles. The molecule has 0 aliphatic rings. The lowest BCUT2D eigenvalue weighted by atomic mass is 10.0. The summed E-state index contributed by atoms with van der Waals surface area (Å²) in [6, 6.07) is 25.6. The molecule has 0 heterocycles. The molecular weight excluding hydrogens is 338 g/mol. The molecule has 3 aromatic carbocycles. The van der Waals surface area contributed by atoms with Crippen molar-refractivity contribution in [1.82, 2.24) is 0 Å². The van der Waals surface area contributed by atoms with E-state index in [1.807, 2.05) is 66.7 Å². The van der Waals surface area contributed by atoms with Crippen LogP contribution in [0.2, 0.25) is 0 Å². The molecule has 0 saturated heterocycles. The molecule has 3 rings (SSSR count). The highest BCUT2D eigenvalue weighted by Crippen LogP contribution is 2.20. The molecule has 1 amide bonds. The van der Waals surface area contributed by atoms with Gasteiger partial charge in [-0.25, -0.2) is 0 Å². The summed E-state index contributed by atoms with van der Waals surface area (Å²) in [4.78, 5) is 12.3. The zero-order valence-corrected chi connectivity index (χ0v) is 15.4. The van der Waals surface area contributed by atoms with E-state index in [1.54, 1.807) is 7.11 Å². The molecule has 1 N–H and O–H groups in total. The molecule has 0 unspecified atom stereocenters. The van der Waals surface area contributed by atoms with Crippen LogP contribution in [0.15, 0.2) is 78.9 Å². The van der Waals surface area contributed by atoms with Gasteiger partial charge in [0, 0.05) is 12.8 Å². The van der Waals surface area contributed by atoms with Gasteiger partial charge in [-0.15, -0.1) is 0 Å². The van der Waals surface area contributed by atoms with Gasteiger partial charge in [0.25, 0.3) is 0 Å². The van der Waals surface area contributed by atoms with E-state index in [0.29, 0.717) is 19.6 Å². The van der Waals surface area contributed by atoms with Crippen LogP contribution in [0.25, 0.3) is 11.1 Å². The van der Waals surface area contributed by atoms with Gasteiger partial charge < -0.3 is 14.8 Å². The molecule has 0 aliphatic carbocycles. The molecule has 0 spiro atoms. The number of carbonyl (C=O) groups is 1. The maximum Gasteiger partial charge on any atom is 0.228 e. The molecule has 4 heteroatoms. The third-order valence-corrected chi connectivity index (χ3v) is 4.12. The lowest BCUT2D eigenvalue weighted by Crippen LogP contribution is -2.14. The molecule has 0 bridgehead atoms. The predicted molar refractivity (Wildman–Crippen MR) is 108 cm³/mol. The summed E-state index contributed by atoms with van der Waals surface area (Å²) in [7, 11) is 1.64. The first kappa shape index (κ1) is 18.7. The van der Waals surface area contributed by atoms with Crippen molar-refractivity contribution in [3.8, 4) is 16.9 Å². The van der Waals surface area contributed by atoms with Crippen molar-refractivity contribution in [1.29, 1.82) is 0 Å². The van der Waals surface area contributed by atoms with Crippen LogP contribution in [-0.4, -0.2) is 26.2 Å². The number of rotatable bonds is 8. The molecule has 3 aromatic rings. The summed E-state index contributed by atoms with van der Waals surface area (Å²) in [6.45, 7) is 1.04. The van der Waals surface area contributed by atoms with Crippen LogP contribution in [0.5, 0.6) is 5.75 Å². The summed E-state index contributed by atoms with van der Waals surface area (Å²) in [5.74, 6) is 0.706. The number of carbonyl (C=O) groups excluding carboxylic acids is 1. The molecule has 27 heavy (non-hydrogen) atoms. The van der Waals surface area contributed by atoms with Gasteiger partial charge in [0.05, 0.1) is 13.0 Å². The summed E-state index contributed by atoms with van der Waals surface area (Å²) < 4.78 is 10.5. The Bertz CT molecular complexity index is 843. The Labute approximate surface area is 159 Å². The molecule has 0 atom stereocenters. The Balaban J connectivity index is 1.53. The van der Waals surface area contributed by atoms with Gasteiger partial charge in [-0.3, -0.25) is 4.79 Å². The van der Waals surface area contributed by atoms with E-state index in [0.717, 1.165) is 22.6 Å². The molecule has 4 nitrogen and oxygen atoms in total. The standard InChI is InChI=1S/C23H23NO3/c1-26-15-16-27-22-13-11-21(12-14-22)24-23(25)17-18-7-9-20(10-8-18)19-5-3-2-4-6-19/h2-14H,15-17H2,1H3,(H,24,25). The topological polar surface area (TPSA) is 47.6 Å². The smallest absolute Gasteiger partial charge is 0.228 e. The fourth-order valence-electron chi connectivity index (χ4n) is 2.71. The van der Waals surface area contributed by atoms with Crippen molar-refractivity contribution >= 4 is 11.6 Å². The maximum atomic E-state index is 12.3. The first-order valence-corrected chi connectivity index (χ1v) is 8.90. The summed E-state index contributed by atoms with van der Waals surface area (Å²) >= 11 is 0. The van der Waals surface area contributed by atoms with Crippen LogP contribution in [0.1, 0.15) is 5.56 Å². The van der Waals surface area contributed by atoms with Crippen LogP contribution in [-0.2, 0) is 16.0 Å². The van der Waals surface area contributed by atoms with Crippen LogP contribution in [0, 0.1) is 0 Å². The van der Waals surface area contributed by atoms with Crippen molar-refractivity contribution in [3.05, 3.63) is 84.4 Å². The Morgan fingerprint density at radius 3 is 2.15 bits per heavy atom. The second-order valence-electron chi connectivity index (χ2n) is 6.15. The van der Waals surface area contributed by atoms with E-state index in [4.69, 9.17) is 9.47 Å². The third kappa shape index (κ3) is 5.69. The molecule has 138 valence electrons. The summed E-state index contributed by atoms with van der Waals surface area (Å²) in [5.41, 5.74) is 4.04. The Hall–Kier alpha value is -3.11. The number of methoxy groups -OCH3 is 1. The zero-order valence-electron chi connectivity index (χ0n) is 15.4. The van der Waals surface area contributed by atoms with E-state index in [1.165, 1.54) is 5.56 Å². The maximum absolute atomic E-state index is 12.3. The van der Waals surface area contributed by atoms with Crippen molar-refractivity contribution in [2.24, 2.45) is 0 Å². The highest BCUT2D eigenvalue weighted by atomic mass is 16.5. The van der Waals surface area contributed by atoms with E-state index in [9.17, 15) is 4.79 Å². The third-order valence-electron chi connectivity index (χ3n) is 4.12. The van der Waals surface area contributed by atoms with Crippen molar-refractivity contribution in [2.75, 3.05) is 25.6 Å². The average Bonchev–Trinajstić information content (AvgIpc) is 2.71. The van der Waals surface area contributed by atoms with Gasteiger partial charge in [0.1, 0.15) is 12.4 Å². The number of benzene rings is 3. The fourth-order valence-corrected chi connectivity index (χ4v) is 2.71. The van der Waals surface area contributed by atoms with Crippen LogP contribution >= 0.6 is 0 Å². The monoisotopic (exact) mass is 361 g/mol. The first-order valence-electron chi connectivity index (χ1n) is 8.90. The lowest BCUT2D eigenvalue weighted by molar-refractivity contribution is -0.115. The van der Waals surface area contributed by atoms with E-state index in [-0.39, 0.29) is 5.91 Å². The minimum absolute atomic E-state index is 0.0458. The second kappa shape index (κ2) is 9.55. The van der Waals surface area contributed by atoms with Crippen LogP contribution in [0.3, 0.4) is 0 Å². The van der Waals surface area contributed by atoms with E-state index >= 15 is 0 Å². The number of nitrogens with one attached hydrogen (secondary N) is 1. The van der Waals surface area contributed by atoms with E-state index < -0.39 is 0 Å². The van der Waals surface area contributed by atoms with Gasteiger partial charge in [-0.05, 0) is 41.0 Å². The van der Waals surface area contributed by atoms with Crippen LogP contribution in [0.4, 0.5) is 5.69 Å². The summed E-state index contributed by atoms with van der Waals surface area (Å²) in [6.07, 6.45) is 0.334. The van der Waals surface area contributed by atoms with Gasteiger partial charge in [-0.1, -0.05) is 54.6 Å². The normalized spacial score (nSPS) is 10.4. The number of hydrogen-bond acceptors (Lipinski definition) is 3. The zero-order chi connectivity index (χ0) is 18.9. The lowest BCUT2D eigenvalue weighted by Gasteiger charge is -2.09. The predicted octanol–water partition coefficient (Wildman–Crippen LogP) is 4.56. The SMILES string of the molecule is COCCOc1ccc(NC(=O)Cc2ccc(-c3ccccc3)cc2)cc1. The van der Waals surface area contributed by atoms with Crippen molar-refractivity contribution in [3.63, 3.8) is 0 Å². The highest BCUT2D eigenvalue weighted by molar-refractivity contribution is 5.92. The second-order valence-corrected chi connectivity index (χ2v) is 6.15. The molecule has 0 aliphatic heterocycles. The quantitative estimate of drug-likeness (QED) is 0.598. The molecule has 0 saturated carbocycles. The van der Waals surface area contributed by atoms with Gasteiger partial charge in [0.15, 0.2) is 0 Å². The van der Waals surface area contributed by atoms with Crippen molar-refractivity contribution < 1.29 is 14.3 Å². The minimum Gasteiger partial charge on any atom is -0.491 e. The minimum atomic E-state index is -0.0458. The number of ether oxygens (including phenoxy) is 2. The van der Waals surface area contributed by atoms with E-state index in [2.05, 4.69) is 17.4 Å². The van der Waals surface area contributed by atoms with Crippen molar-refractivity contribution in [2.45, 2.75) is 6.42 Å². The number of anilines is 1. The molecule has 0 fully saturated rings. The largest absolute Gasteiger partial charge is 0.491 e. The van der Waals surface area contributed by atoms with Gasteiger partial charge in [0.2, 0.25) is 5.91 Å². The molecular formula is C23H23NO3. The average molecular weight is 361 g/mol. The van der Waals surface area contributed by atoms with Crippen LogP contribution < -0.4 is 10.1 Å².